The van der Waals surface area contributed by atoms with E-state index in [4.69, 9.17) is 4.74 Å². The third kappa shape index (κ3) is 1.46. The Morgan fingerprint density at radius 1 is 1.25 bits per heavy atom. The highest BCUT2D eigenvalue weighted by Gasteiger charge is 2.59. The fourth-order valence-corrected chi connectivity index (χ4v) is 4.76. The van der Waals surface area contributed by atoms with Crippen LogP contribution in [-0.2, 0) is 4.74 Å². The molecular formula is C14H24O2. The standard InChI is InChI=1S/C14H24O2/c1-12-5-3-6-13(2,9-15)11(12)4-7-14(8-12)10-16-14/h11,15H,3-10H2,1-2H3/t11?,12-,13-,14?/m0/s1. The molecule has 0 bridgehead atoms. The van der Waals surface area contributed by atoms with Crippen molar-refractivity contribution in [2.75, 3.05) is 13.2 Å². The van der Waals surface area contributed by atoms with E-state index in [9.17, 15) is 5.11 Å². The summed E-state index contributed by atoms with van der Waals surface area (Å²) in [6.07, 6.45) is 7.53. The molecule has 3 rings (SSSR count). The average Bonchev–Trinajstić information content (AvgIpc) is 2.96. The highest BCUT2D eigenvalue weighted by molar-refractivity contribution is 5.08. The Kier molecular flexibility index (Phi) is 2.23. The number of hydrogen-bond donors (Lipinski definition) is 1. The zero-order valence-corrected chi connectivity index (χ0v) is 10.6. The van der Waals surface area contributed by atoms with Gasteiger partial charge in [-0.15, -0.1) is 0 Å². The second-order valence-corrected chi connectivity index (χ2v) is 7.06. The van der Waals surface area contributed by atoms with Crippen LogP contribution >= 0.6 is 0 Å². The number of ether oxygens (including phenoxy) is 1. The molecule has 2 unspecified atom stereocenters. The van der Waals surface area contributed by atoms with Crippen LogP contribution in [0.25, 0.3) is 0 Å². The maximum absolute atomic E-state index is 9.72. The minimum Gasteiger partial charge on any atom is -0.396 e. The summed E-state index contributed by atoms with van der Waals surface area (Å²) in [4.78, 5) is 0. The Hall–Kier alpha value is -0.0800. The lowest BCUT2D eigenvalue weighted by molar-refractivity contribution is -0.0870. The first-order valence-corrected chi connectivity index (χ1v) is 6.77. The van der Waals surface area contributed by atoms with E-state index in [-0.39, 0.29) is 11.0 Å². The molecule has 16 heavy (non-hydrogen) atoms. The molecule has 2 heteroatoms. The van der Waals surface area contributed by atoms with Gasteiger partial charge in [-0.3, -0.25) is 0 Å². The quantitative estimate of drug-likeness (QED) is 0.695. The highest BCUT2D eigenvalue weighted by atomic mass is 16.6. The second kappa shape index (κ2) is 3.23. The van der Waals surface area contributed by atoms with Crippen molar-refractivity contribution in [3.8, 4) is 0 Å². The van der Waals surface area contributed by atoms with Gasteiger partial charge in [0.1, 0.15) is 0 Å². The number of aliphatic hydroxyl groups is 1. The van der Waals surface area contributed by atoms with Crippen molar-refractivity contribution in [2.24, 2.45) is 16.7 Å². The Bertz CT molecular complexity index is 297. The molecule has 4 atom stereocenters. The van der Waals surface area contributed by atoms with Gasteiger partial charge in [-0.05, 0) is 48.9 Å². The van der Waals surface area contributed by atoms with Crippen LogP contribution in [-0.4, -0.2) is 23.9 Å². The first kappa shape index (κ1) is 11.0. The average molecular weight is 224 g/mol. The van der Waals surface area contributed by atoms with E-state index < -0.39 is 0 Å². The van der Waals surface area contributed by atoms with Gasteiger partial charge < -0.3 is 9.84 Å². The minimum atomic E-state index is 0.170. The smallest absolute Gasteiger partial charge is 0.0922 e. The summed E-state index contributed by atoms with van der Waals surface area (Å²) in [5.74, 6) is 0.702. The molecule has 3 fully saturated rings. The number of rotatable bonds is 1. The molecule has 0 radical (unpaired) electrons. The van der Waals surface area contributed by atoms with Crippen molar-refractivity contribution in [3.05, 3.63) is 0 Å². The third-order valence-electron chi connectivity index (χ3n) is 5.71. The van der Waals surface area contributed by atoms with E-state index >= 15 is 0 Å². The Morgan fingerprint density at radius 3 is 2.62 bits per heavy atom. The Morgan fingerprint density at radius 2 is 2.00 bits per heavy atom. The van der Waals surface area contributed by atoms with Gasteiger partial charge in [0.05, 0.1) is 12.2 Å². The summed E-state index contributed by atoms with van der Waals surface area (Å²) in [5.41, 5.74) is 0.854. The van der Waals surface area contributed by atoms with Crippen LogP contribution in [0.4, 0.5) is 0 Å². The molecule has 92 valence electrons. The van der Waals surface area contributed by atoms with E-state index in [1.807, 2.05) is 0 Å². The van der Waals surface area contributed by atoms with Crippen molar-refractivity contribution in [1.29, 1.82) is 0 Å². The zero-order valence-electron chi connectivity index (χ0n) is 10.6. The Balaban J connectivity index is 1.87. The molecule has 0 aromatic rings. The molecule has 2 nitrogen and oxygen atoms in total. The minimum absolute atomic E-state index is 0.170. The normalized spacial score (nSPS) is 56.1. The molecule has 3 aliphatic rings. The summed E-state index contributed by atoms with van der Waals surface area (Å²) in [6.45, 7) is 6.08. The van der Waals surface area contributed by atoms with Gasteiger partial charge in [-0.1, -0.05) is 20.3 Å². The third-order valence-corrected chi connectivity index (χ3v) is 5.71. The van der Waals surface area contributed by atoms with E-state index in [2.05, 4.69) is 13.8 Å². The summed E-state index contributed by atoms with van der Waals surface area (Å²) in [5, 5.41) is 9.72. The maximum Gasteiger partial charge on any atom is 0.0922 e. The van der Waals surface area contributed by atoms with Crippen molar-refractivity contribution in [2.45, 2.75) is 58.0 Å². The predicted molar refractivity (Wildman–Crippen MR) is 63.2 cm³/mol. The van der Waals surface area contributed by atoms with Crippen molar-refractivity contribution in [3.63, 3.8) is 0 Å². The number of fused-ring (bicyclic) bond motifs is 1. The zero-order chi connectivity index (χ0) is 11.4. The van der Waals surface area contributed by atoms with Crippen LogP contribution in [0.15, 0.2) is 0 Å². The second-order valence-electron chi connectivity index (χ2n) is 7.06. The lowest BCUT2D eigenvalue weighted by atomic mass is 9.50. The van der Waals surface area contributed by atoms with Gasteiger partial charge in [0, 0.05) is 6.61 Å². The molecule has 1 aliphatic heterocycles. The van der Waals surface area contributed by atoms with E-state index in [0.717, 1.165) is 6.61 Å². The SMILES string of the molecule is C[C@@]12CCC[C@@](C)(CO)C1CCC1(CO1)C2. The molecule has 0 aromatic heterocycles. The fourth-order valence-electron chi connectivity index (χ4n) is 4.76. The first-order chi connectivity index (χ1) is 7.52. The lowest BCUT2D eigenvalue weighted by Gasteiger charge is -2.55. The molecule has 0 aromatic carbocycles. The first-order valence-electron chi connectivity index (χ1n) is 6.77. The van der Waals surface area contributed by atoms with E-state index in [1.165, 1.54) is 38.5 Å². The number of epoxide rings is 1. The van der Waals surface area contributed by atoms with Gasteiger partial charge in [-0.2, -0.15) is 0 Å². The van der Waals surface area contributed by atoms with Gasteiger partial charge in [0.25, 0.3) is 0 Å². The molecule has 2 aliphatic carbocycles. The topological polar surface area (TPSA) is 32.8 Å². The number of hydrogen-bond acceptors (Lipinski definition) is 2. The van der Waals surface area contributed by atoms with Crippen molar-refractivity contribution in [1.82, 2.24) is 0 Å². The number of aliphatic hydroxyl groups excluding tert-OH is 1. The molecule has 0 amide bonds. The summed E-state index contributed by atoms with van der Waals surface area (Å²) < 4.78 is 5.69. The van der Waals surface area contributed by atoms with E-state index in [0.29, 0.717) is 17.9 Å². The molecule has 1 spiro atoms. The van der Waals surface area contributed by atoms with Crippen LogP contribution in [0.2, 0.25) is 0 Å². The lowest BCUT2D eigenvalue weighted by Crippen LogP contribution is -2.50. The van der Waals surface area contributed by atoms with Crippen molar-refractivity contribution >= 4 is 0 Å². The summed E-state index contributed by atoms with van der Waals surface area (Å²) >= 11 is 0. The van der Waals surface area contributed by atoms with Crippen LogP contribution in [0.1, 0.15) is 52.4 Å². The molecule has 1 N–H and O–H groups in total. The van der Waals surface area contributed by atoms with E-state index in [1.54, 1.807) is 0 Å². The highest BCUT2D eigenvalue weighted by Crippen LogP contribution is 2.62. The van der Waals surface area contributed by atoms with Crippen molar-refractivity contribution < 1.29 is 9.84 Å². The van der Waals surface area contributed by atoms with Crippen LogP contribution in [0, 0.1) is 16.7 Å². The summed E-state index contributed by atoms with van der Waals surface area (Å²) in [7, 11) is 0. The van der Waals surface area contributed by atoms with Crippen LogP contribution in [0.5, 0.6) is 0 Å². The Labute approximate surface area is 98.4 Å². The molecule has 1 saturated heterocycles. The molecular weight excluding hydrogens is 200 g/mol. The maximum atomic E-state index is 9.72. The van der Waals surface area contributed by atoms with Crippen LogP contribution < -0.4 is 0 Å². The fraction of sp³-hybridized carbons (Fsp3) is 1.00. The van der Waals surface area contributed by atoms with Gasteiger partial charge in [-0.25, -0.2) is 0 Å². The van der Waals surface area contributed by atoms with Gasteiger partial charge in [0.15, 0.2) is 0 Å². The summed E-state index contributed by atoms with van der Waals surface area (Å²) in [6, 6.07) is 0. The van der Waals surface area contributed by atoms with Gasteiger partial charge >= 0.3 is 0 Å². The molecule has 2 saturated carbocycles. The predicted octanol–water partition coefficient (Wildman–Crippen LogP) is 2.74. The largest absolute Gasteiger partial charge is 0.396 e. The molecule has 1 heterocycles. The van der Waals surface area contributed by atoms with Crippen LogP contribution in [0.3, 0.4) is 0 Å². The monoisotopic (exact) mass is 224 g/mol. The van der Waals surface area contributed by atoms with Gasteiger partial charge in [0.2, 0.25) is 0 Å².